The van der Waals surface area contributed by atoms with Gasteiger partial charge in [0.2, 0.25) is 0 Å². The van der Waals surface area contributed by atoms with Crippen molar-refractivity contribution < 1.29 is 21.8 Å². The molecule has 43 heavy (non-hydrogen) atoms. The van der Waals surface area contributed by atoms with Gasteiger partial charge < -0.3 is 17.6 Å². The first-order chi connectivity index (χ1) is 20.6. The lowest BCUT2D eigenvalue weighted by atomic mass is 9.86. The fourth-order valence-electron chi connectivity index (χ4n) is 6.04. The van der Waals surface area contributed by atoms with Gasteiger partial charge in [-0.05, 0) is 54.8 Å². The van der Waals surface area contributed by atoms with Crippen LogP contribution in [0, 0.1) is 31.3 Å². The summed E-state index contributed by atoms with van der Waals surface area (Å²) in [6.07, 6.45) is 1.64. The fourth-order valence-corrected chi connectivity index (χ4v) is 8.23. The van der Waals surface area contributed by atoms with E-state index in [-0.39, 0.29) is 22.5 Å². The number of fused-ring (bicyclic) bond motifs is 5. The smallest absolute Gasteiger partial charge is 0.389 e. The van der Waals surface area contributed by atoms with Crippen LogP contribution in [0.1, 0.15) is 22.4 Å². The number of thiophene rings is 2. The molecule has 2 aliphatic rings. The second-order valence-corrected chi connectivity index (χ2v) is 13.1. The van der Waals surface area contributed by atoms with Crippen LogP contribution in [0.3, 0.4) is 0 Å². The van der Waals surface area contributed by atoms with Crippen molar-refractivity contribution in [2.75, 3.05) is 0 Å². The van der Waals surface area contributed by atoms with E-state index in [4.69, 9.17) is 0 Å². The number of allylic oxidation sites excluding steroid dienone is 1. The highest BCUT2D eigenvalue weighted by atomic mass is 32.1. The highest BCUT2D eigenvalue weighted by molar-refractivity contribution is 7.22. The lowest BCUT2D eigenvalue weighted by molar-refractivity contribution is 0.446. The summed E-state index contributed by atoms with van der Waals surface area (Å²) in [6, 6.07) is 22.5. The van der Waals surface area contributed by atoms with Crippen molar-refractivity contribution in [3.8, 4) is 20.9 Å². The van der Waals surface area contributed by atoms with Crippen LogP contribution >= 0.6 is 22.7 Å². The zero-order valence-electron chi connectivity index (χ0n) is 22.8. The van der Waals surface area contributed by atoms with Gasteiger partial charge in [-0.25, -0.2) is 13.2 Å². The molecule has 3 aromatic heterocycles. The molecule has 0 amide bonds. The number of halogens is 5. The molecule has 2 nitrogen and oxygen atoms in total. The van der Waals surface area contributed by atoms with Gasteiger partial charge in [-0.2, -0.15) is 0 Å². The number of aryl methyl sites for hydroxylation is 2. The fraction of sp³-hybridized carbons (Fsp3) is 0.0606. The molecule has 6 aromatic rings. The summed E-state index contributed by atoms with van der Waals surface area (Å²) in [4.78, 5) is 1.65. The van der Waals surface area contributed by atoms with Crippen molar-refractivity contribution in [3.63, 3.8) is 0 Å². The summed E-state index contributed by atoms with van der Waals surface area (Å²) in [5.74, 6) is -4.37. The Bertz CT molecular complexity index is 2290. The maximum absolute atomic E-state index is 16.9. The normalized spacial score (nSPS) is 15.1. The Morgan fingerprint density at radius 3 is 1.88 bits per heavy atom. The highest BCUT2D eigenvalue weighted by Crippen LogP contribution is 2.45. The molecule has 0 spiro atoms. The quantitative estimate of drug-likeness (QED) is 0.108. The van der Waals surface area contributed by atoms with Crippen molar-refractivity contribution in [1.29, 1.82) is 0 Å². The first kappa shape index (κ1) is 26.4. The van der Waals surface area contributed by atoms with E-state index in [1.54, 1.807) is 24.3 Å². The summed E-state index contributed by atoms with van der Waals surface area (Å²) in [5.41, 5.74) is 4.76. The third kappa shape index (κ3) is 3.86. The Morgan fingerprint density at radius 1 is 0.698 bits per heavy atom. The van der Waals surface area contributed by atoms with Crippen LogP contribution in [0.2, 0.25) is 0 Å². The number of nitrogens with zero attached hydrogens (tertiary/aromatic N) is 2. The molecule has 0 saturated heterocycles. The van der Waals surface area contributed by atoms with Crippen LogP contribution in [0.5, 0.6) is 0 Å². The van der Waals surface area contributed by atoms with E-state index in [1.807, 2.05) is 62.4 Å². The molecule has 0 radical (unpaired) electrons. The molecule has 10 heteroatoms. The summed E-state index contributed by atoms with van der Waals surface area (Å²) < 4.78 is 80.2. The maximum Gasteiger partial charge on any atom is 0.738 e. The third-order valence-electron chi connectivity index (χ3n) is 8.13. The molecule has 3 aromatic carbocycles. The molecular formula is C33H20BF5N2S2. The molecule has 2 aliphatic heterocycles. The standard InChI is InChI=1S/C33H20BF5N2S2/c1-17-3-7-19(8-4-17)28-13-24-30(42-28)15-26-32(21-11-22(35)33(37)23(36)12-21)27-16-31-25(41(27)34(38,39)40(24)26)14-29(43-31)20-9-5-18(2)6-10-20/h3-16H,1-2H3. The lowest BCUT2D eigenvalue weighted by Gasteiger charge is -2.31. The summed E-state index contributed by atoms with van der Waals surface area (Å²) in [6.45, 7) is -0.476. The van der Waals surface area contributed by atoms with Crippen molar-refractivity contribution in [2.45, 2.75) is 13.8 Å². The van der Waals surface area contributed by atoms with E-state index >= 15 is 8.63 Å². The number of hydrogen-bond acceptors (Lipinski definition) is 2. The SMILES string of the molecule is Cc1ccc(-c2cc3c(s2)=CC2=C(c4cc(F)c(F)c(F)c4)c4cc5sc(-c6ccc(C)cc6)cc5n4[B-](F)(F)[N+]=32)cc1. The predicted octanol–water partition coefficient (Wildman–Crippen LogP) is 8.11. The topological polar surface area (TPSA) is 7.94 Å². The van der Waals surface area contributed by atoms with Gasteiger partial charge in [-0.15, -0.1) is 22.7 Å². The van der Waals surface area contributed by atoms with Crippen LogP contribution in [0.15, 0.2) is 84.6 Å². The van der Waals surface area contributed by atoms with Gasteiger partial charge in [0.15, 0.2) is 28.5 Å². The van der Waals surface area contributed by atoms with Crippen molar-refractivity contribution in [3.05, 3.63) is 134 Å². The van der Waals surface area contributed by atoms with Gasteiger partial charge in [0.25, 0.3) is 0 Å². The molecule has 0 fully saturated rings. The van der Waals surface area contributed by atoms with Gasteiger partial charge in [0.05, 0.1) is 10.3 Å². The molecule has 0 aliphatic carbocycles. The largest absolute Gasteiger partial charge is 0.738 e. The van der Waals surface area contributed by atoms with Crippen LogP contribution < -0.4 is 14.4 Å². The van der Waals surface area contributed by atoms with Gasteiger partial charge in [-0.1, -0.05) is 59.7 Å². The van der Waals surface area contributed by atoms with Crippen LogP contribution in [0.25, 0.3) is 42.7 Å². The second kappa shape index (κ2) is 9.11. The average Bonchev–Trinajstić information content (AvgIpc) is 3.71. The number of aromatic nitrogens is 1. The monoisotopic (exact) mass is 614 g/mol. The zero-order chi connectivity index (χ0) is 29.8. The third-order valence-corrected chi connectivity index (χ3v) is 10.4. The number of hydrogen-bond donors (Lipinski definition) is 0. The molecule has 0 bridgehead atoms. The Morgan fingerprint density at radius 2 is 1.28 bits per heavy atom. The average molecular weight is 614 g/mol. The first-order valence-electron chi connectivity index (χ1n) is 13.6. The van der Waals surface area contributed by atoms with E-state index < -0.39 is 24.4 Å². The highest BCUT2D eigenvalue weighted by Gasteiger charge is 2.54. The summed E-state index contributed by atoms with van der Waals surface area (Å²) >= 11 is 2.74. The van der Waals surface area contributed by atoms with Crippen molar-refractivity contribution in [1.82, 2.24) is 8.96 Å². The van der Waals surface area contributed by atoms with Gasteiger partial charge in [0.1, 0.15) is 4.53 Å². The minimum atomic E-state index is -4.43. The molecular weight excluding hydrogens is 594 g/mol. The summed E-state index contributed by atoms with van der Waals surface area (Å²) in [7, 11) is 0. The van der Waals surface area contributed by atoms with E-state index in [2.05, 4.69) is 0 Å². The Hall–Kier alpha value is -4.28. The Labute approximate surface area is 250 Å². The van der Waals surface area contributed by atoms with Gasteiger partial charge >= 0.3 is 6.97 Å². The molecule has 212 valence electrons. The number of benzene rings is 3. The van der Waals surface area contributed by atoms with Crippen LogP contribution in [-0.4, -0.2) is 11.4 Å². The van der Waals surface area contributed by atoms with E-state index in [9.17, 15) is 13.2 Å². The van der Waals surface area contributed by atoms with Crippen LogP contribution in [0.4, 0.5) is 21.8 Å². The molecule has 0 unspecified atom stereocenters. The van der Waals surface area contributed by atoms with Crippen molar-refractivity contribution in [2.24, 2.45) is 0 Å². The van der Waals surface area contributed by atoms with Gasteiger partial charge in [-0.3, -0.25) is 0 Å². The number of rotatable bonds is 3. The van der Waals surface area contributed by atoms with E-state index in [1.165, 1.54) is 22.7 Å². The van der Waals surface area contributed by atoms with Crippen LogP contribution in [-0.2, 0) is 0 Å². The van der Waals surface area contributed by atoms with Crippen molar-refractivity contribution >= 4 is 51.5 Å². The van der Waals surface area contributed by atoms with E-state index in [0.717, 1.165) is 53.1 Å². The Kier molecular flexibility index (Phi) is 5.59. The zero-order valence-corrected chi connectivity index (χ0v) is 24.4. The second-order valence-electron chi connectivity index (χ2n) is 11.0. The van der Waals surface area contributed by atoms with Gasteiger partial charge in [0, 0.05) is 33.1 Å². The predicted molar refractivity (Wildman–Crippen MR) is 165 cm³/mol. The lowest BCUT2D eigenvalue weighted by Crippen LogP contribution is -2.56. The molecule has 0 atom stereocenters. The Balaban J connectivity index is 1.42. The summed E-state index contributed by atoms with van der Waals surface area (Å²) in [5, 5.41) is 0.322. The molecule has 0 saturated carbocycles. The molecule has 8 rings (SSSR count). The first-order valence-corrected chi connectivity index (χ1v) is 15.2. The molecule has 5 heterocycles. The minimum absolute atomic E-state index is 0.0157. The molecule has 0 N–H and O–H groups in total. The maximum atomic E-state index is 16.9. The van der Waals surface area contributed by atoms with E-state index in [0.29, 0.717) is 20.1 Å². The minimum Gasteiger partial charge on any atom is -0.389 e.